The lowest BCUT2D eigenvalue weighted by molar-refractivity contribution is 0.0691. The van der Waals surface area contributed by atoms with Crippen LogP contribution in [0.5, 0.6) is 0 Å². The molecule has 3 nitrogen and oxygen atoms in total. The van der Waals surface area contributed by atoms with E-state index in [1.54, 1.807) is 0 Å². The van der Waals surface area contributed by atoms with Crippen LogP contribution in [0.25, 0.3) is 0 Å². The monoisotopic (exact) mass is 243 g/mol. The molecule has 1 N–H and O–H groups in total. The molecule has 1 aromatic heterocycles. The molecule has 1 aromatic rings. The number of aromatic carboxylic acids is 1. The molecule has 0 spiro atoms. The molecular weight excluding hydrogens is 229 g/mol. The summed E-state index contributed by atoms with van der Waals surface area (Å²) in [6.07, 6.45) is 2.02. The van der Waals surface area contributed by atoms with Gasteiger partial charge in [-0.25, -0.2) is 14.2 Å². The minimum absolute atomic E-state index is 0.0613. The normalized spacial score (nSPS) is 10.8. The maximum atomic E-state index is 12.8. The maximum absolute atomic E-state index is 12.8. The Hall–Kier alpha value is -1.10. The van der Waals surface area contributed by atoms with Gasteiger partial charge in [0.2, 0.25) is 0 Å². The Morgan fingerprint density at radius 2 is 2.31 bits per heavy atom. The molecule has 0 saturated carbocycles. The number of pyridine rings is 1. The lowest BCUT2D eigenvalue weighted by atomic mass is 10.2. The molecule has 0 aromatic carbocycles. The van der Waals surface area contributed by atoms with Crippen LogP contribution in [0.15, 0.2) is 17.3 Å². The van der Waals surface area contributed by atoms with Crippen LogP contribution in [-0.2, 0) is 0 Å². The van der Waals surface area contributed by atoms with Gasteiger partial charge >= 0.3 is 5.97 Å². The minimum atomic E-state index is -1.14. The van der Waals surface area contributed by atoms with Crippen molar-refractivity contribution in [1.29, 1.82) is 0 Å². The molecule has 0 radical (unpaired) electrons. The van der Waals surface area contributed by atoms with Gasteiger partial charge in [-0.2, -0.15) is 0 Å². The molecule has 1 rings (SSSR count). The molecule has 0 bridgehead atoms. The third-order valence-electron chi connectivity index (χ3n) is 1.98. The lowest BCUT2D eigenvalue weighted by Crippen LogP contribution is -2.02. The summed E-state index contributed by atoms with van der Waals surface area (Å²) in [5.41, 5.74) is -0.0613. The van der Waals surface area contributed by atoms with Crippen molar-refractivity contribution in [3.8, 4) is 0 Å². The van der Waals surface area contributed by atoms with Crippen molar-refractivity contribution >= 4 is 17.7 Å². The molecule has 1 heterocycles. The predicted octanol–water partition coefficient (Wildman–Crippen LogP) is 3.06. The molecule has 88 valence electrons. The number of aromatic nitrogens is 1. The molecule has 0 unspecified atom stereocenters. The first-order valence-corrected chi connectivity index (χ1v) is 6.01. The van der Waals surface area contributed by atoms with Gasteiger partial charge in [0.25, 0.3) is 0 Å². The molecule has 0 aliphatic heterocycles. The van der Waals surface area contributed by atoms with Crippen LogP contribution >= 0.6 is 11.8 Å². The summed E-state index contributed by atoms with van der Waals surface area (Å²) >= 11 is 1.35. The fourth-order valence-corrected chi connectivity index (χ4v) is 2.30. The molecule has 0 amide bonds. The summed E-state index contributed by atoms with van der Waals surface area (Å²) in [6, 6.07) is 1.01. The zero-order valence-electron chi connectivity index (χ0n) is 9.24. The fraction of sp³-hybridized carbons (Fsp3) is 0.455. The van der Waals surface area contributed by atoms with Gasteiger partial charge in [-0.1, -0.05) is 13.8 Å². The summed E-state index contributed by atoms with van der Waals surface area (Å²) in [4.78, 5) is 14.7. The van der Waals surface area contributed by atoms with Gasteiger partial charge in [0.1, 0.15) is 10.8 Å². The highest BCUT2D eigenvalue weighted by Crippen LogP contribution is 2.22. The smallest absolute Gasteiger partial charge is 0.338 e. The van der Waals surface area contributed by atoms with Crippen LogP contribution in [-0.4, -0.2) is 21.8 Å². The average Bonchev–Trinajstić information content (AvgIpc) is 2.19. The van der Waals surface area contributed by atoms with Crippen LogP contribution in [0.4, 0.5) is 4.39 Å². The zero-order valence-corrected chi connectivity index (χ0v) is 10.1. The number of carboxylic acid groups (broad SMARTS) is 1. The second-order valence-corrected chi connectivity index (χ2v) is 4.93. The molecular formula is C11H14FNO2S. The Morgan fingerprint density at radius 3 is 2.88 bits per heavy atom. The number of rotatable bonds is 5. The van der Waals surface area contributed by atoms with Crippen LogP contribution in [0.3, 0.4) is 0 Å². The predicted molar refractivity (Wildman–Crippen MR) is 61.3 cm³/mol. The van der Waals surface area contributed by atoms with E-state index in [-0.39, 0.29) is 5.56 Å². The van der Waals surface area contributed by atoms with Crippen LogP contribution in [0.1, 0.15) is 30.6 Å². The summed E-state index contributed by atoms with van der Waals surface area (Å²) in [5.74, 6) is -0.415. The molecule has 5 heteroatoms. The third kappa shape index (κ3) is 3.81. The van der Waals surface area contributed by atoms with Crippen LogP contribution in [0, 0.1) is 11.7 Å². The van der Waals surface area contributed by atoms with Crippen LogP contribution in [0.2, 0.25) is 0 Å². The highest BCUT2D eigenvalue weighted by Gasteiger charge is 2.13. The van der Waals surface area contributed by atoms with Crippen molar-refractivity contribution in [1.82, 2.24) is 4.98 Å². The molecule has 16 heavy (non-hydrogen) atoms. The Morgan fingerprint density at radius 1 is 1.62 bits per heavy atom. The molecule has 0 aliphatic carbocycles. The lowest BCUT2D eigenvalue weighted by Gasteiger charge is -2.06. The van der Waals surface area contributed by atoms with E-state index in [0.717, 1.165) is 24.4 Å². The Labute approximate surface area is 98.1 Å². The van der Waals surface area contributed by atoms with E-state index >= 15 is 0 Å². The highest BCUT2D eigenvalue weighted by molar-refractivity contribution is 7.99. The SMILES string of the molecule is CC(C)CCSc1ncc(F)cc1C(=O)O. The second-order valence-electron chi connectivity index (χ2n) is 3.84. The van der Waals surface area contributed by atoms with E-state index in [4.69, 9.17) is 5.11 Å². The van der Waals surface area contributed by atoms with Gasteiger partial charge in [0, 0.05) is 0 Å². The topological polar surface area (TPSA) is 50.2 Å². The number of carboxylic acids is 1. The standard InChI is InChI=1S/C11H14FNO2S/c1-7(2)3-4-16-10-9(11(14)15)5-8(12)6-13-10/h5-7H,3-4H2,1-2H3,(H,14,15). The van der Waals surface area contributed by atoms with Crippen molar-refractivity contribution in [3.63, 3.8) is 0 Å². The van der Waals surface area contributed by atoms with Gasteiger partial charge < -0.3 is 5.11 Å². The fourth-order valence-electron chi connectivity index (χ4n) is 1.09. The maximum Gasteiger partial charge on any atom is 0.338 e. The highest BCUT2D eigenvalue weighted by atomic mass is 32.2. The van der Waals surface area contributed by atoms with Crippen molar-refractivity contribution in [3.05, 3.63) is 23.6 Å². The Bertz CT molecular complexity index is 382. The number of nitrogens with zero attached hydrogens (tertiary/aromatic N) is 1. The summed E-state index contributed by atoms with van der Waals surface area (Å²) < 4.78 is 12.8. The van der Waals surface area contributed by atoms with E-state index in [0.29, 0.717) is 10.9 Å². The van der Waals surface area contributed by atoms with Crippen molar-refractivity contribution < 1.29 is 14.3 Å². The quantitative estimate of drug-likeness (QED) is 0.807. The molecule has 0 atom stereocenters. The van der Waals surface area contributed by atoms with Crippen molar-refractivity contribution in [2.75, 3.05) is 5.75 Å². The number of thioether (sulfide) groups is 1. The number of carbonyl (C=O) groups is 1. The van der Waals surface area contributed by atoms with Gasteiger partial charge in [-0.3, -0.25) is 0 Å². The largest absolute Gasteiger partial charge is 0.478 e. The van der Waals surface area contributed by atoms with Gasteiger partial charge in [0.05, 0.1) is 11.8 Å². The summed E-state index contributed by atoms with van der Waals surface area (Å²) in [7, 11) is 0. The van der Waals surface area contributed by atoms with E-state index in [2.05, 4.69) is 18.8 Å². The second kappa shape index (κ2) is 5.84. The van der Waals surface area contributed by atoms with Gasteiger partial charge in [-0.05, 0) is 24.2 Å². The van der Waals surface area contributed by atoms with Crippen LogP contribution < -0.4 is 0 Å². The van der Waals surface area contributed by atoms with E-state index in [1.807, 2.05) is 0 Å². The number of hydrogen-bond donors (Lipinski definition) is 1. The van der Waals surface area contributed by atoms with Gasteiger partial charge in [-0.15, -0.1) is 11.8 Å². The Kier molecular flexibility index (Phi) is 4.73. The third-order valence-corrected chi connectivity index (χ3v) is 3.02. The minimum Gasteiger partial charge on any atom is -0.478 e. The van der Waals surface area contributed by atoms with E-state index in [1.165, 1.54) is 11.8 Å². The average molecular weight is 243 g/mol. The zero-order chi connectivity index (χ0) is 12.1. The summed E-state index contributed by atoms with van der Waals surface area (Å²) in [6.45, 7) is 4.19. The number of halogens is 1. The molecule has 0 aliphatic rings. The molecule has 0 saturated heterocycles. The first-order chi connectivity index (χ1) is 7.50. The van der Waals surface area contributed by atoms with E-state index in [9.17, 15) is 9.18 Å². The molecule has 0 fully saturated rings. The van der Waals surface area contributed by atoms with Crippen molar-refractivity contribution in [2.24, 2.45) is 5.92 Å². The van der Waals surface area contributed by atoms with E-state index < -0.39 is 11.8 Å². The summed E-state index contributed by atoms with van der Waals surface area (Å²) in [5, 5.41) is 9.26. The van der Waals surface area contributed by atoms with Gasteiger partial charge in [0.15, 0.2) is 0 Å². The number of hydrogen-bond acceptors (Lipinski definition) is 3. The Balaban J connectivity index is 2.75. The first kappa shape index (κ1) is 13.0. The first-order valence-electron chi connectivity index (χ1n) is 5.02. The van der Waals surface area contributed by atoms with Crippen molar-refractivity contribution in [2.45, 2.75) is 25.3 Å².